The third-order valence-corrected chi connectivity index (χ3v) is 15.6. The van der Waals surface area contributed by atoms with E-state index in [0.29, 0.717) is 55.4 Å². The maximum absolute atomic E-state index is 12.3. The molecule has 0 aliphatic rings. The predicted octanol–water partition coefficient (Wildman–Crippen LogP) is 8.80. The molecule has 0 saturated heterocycles. The molecule has 0 saturated carbocycles. The third kappa shape index (κ3) is 38.9. The summed E-state index contributed by atoms with van der Waals surface area (Å²) in [5.41, 5.74) is 15.0. The first-order chi connectivity index (χ1) is 51.0. The van der Waals surface area contributed by atoms with Gasteiger partial charge in [-0.05, 0) is 133 Å². The number of halogens is 6. The van der Waals surface area contributed by atoms with Crippen molar-refractivity contribution in [2.24, 2.45) is 11.5 Å². The van der Waals surface area contributed by atoms with Crippen LogP contribution in [0, 0.1) is 34.3 Å². The molecule has 0 aliphatic carbocycles. The SMILES string of the molecule is CC(=O)CN.CC(=O)Cn1c(C)c(Cl)nc(Cl)c1=O.CC(=O)Cn1c(C)c(Cl)nc(NCCc2ccccc2)c1=O.Cc1c(Cl)nc(NCCc2ccccc2)c(=O)n1CC(=O)O.Cc1cnc(NCCc2ccccc2)c(=O)n1CC(=O)O.NCCc1ccccc1.O=C(Cl)C(=O)Cl.[C-]#[N+]C(C)NCC(C)=O. The molecule has 1 atom stereocenters. The summed E-state index contributed by atoms with van der Waals surface area (Å²) in [7, 11) is 0. The van der Waals surface area contributed by atoms with Crippen molar-refractivity contribution in [2.45, 2.75) is 120 Å². The highest BCUT2D eigenvalue weighted by atomic mass is 35.5. The lowest BCUT2D eigenvalue weighted by Gasteiger charge is -2.12. The Bertz CT molecular complexity index is 4410. The Morgan fingerprint density at radius 3 is 1.09 bits per heavy atom. The molecule has 10 N–H and O–H groups in total. The molecule has 1 unspecified atom stereocenters. The average molecular weight is 1610 g/mol. The molecule has 4 aromatic heterocycles. The normalized spacial score (nSPS) is 10.2. The minimum absolute atomic E-state index is 0.000270. The van der Waals surface area contributed by atoms with Crippen molar-refractivity contribution < 1.29 is 48.6 Å². The molecule has 35 heteroatoms. The number of hydrogen-bond donors (Lipinski definition) is 8. The van der Waals surface area contributed by atoms with Gasteiger partial charge in [0.25, 0.3) is 28.4 Å². The molecule has 0 radical (unpaired) electrons. The average Bonchev–Trinajstić information content (AvgIpc) is 0.841. The number of rotatable bonds is 27. The molecule has 4 aromatic carbocycles. The molecule has 8 rings (SSSR count). The zero-order valence-electron chi connectivity index (χ0n) is 60.8. The molecule has 29 nitrogen and oxygen atoms in total. The summed E-state index contributed by atoms with van der Waals surface area (Å²) in [4.78, 5) is 150. The van der Waals surface area contributed by atoms with E-state index in [0.717, 1.165) is 47.1 Å². The molecule has 0 bridgehead atoms. The number of carbonyl (C=O) groups excluding carboxylic acids is 6. The maximum atomic E-state index is 12.3. The van der Waals surface area contributed by atoms with Crippen LogP contribution in [-0.2, 0) is 90.2 Å². The second-order valence-electron chi connectivity index (χ2n) is 22.8. The minimum Gasteiger partial charge on any atom is -0.480 e. The second kappa shape index (κ2) is 52.8. The number of aromatic nitrogens is 8. The van der Waals surface area contributed by atoms with Gasteiger partial charge in [-0.3, -0.25) is 80.6 Å². The van der Waals surface area contributed by atoms with Crippen molar-refractivity contribution in [1.82, 2.24) is 43.5 Å². The summed E-state index contributed by atoms with van der Waals surface area (Å²) in [6.07, 6.45) is 4.48. The molecule has 4 heterocycles. The summed E-state index contributed by atoms with van der Waals surface area (Å²) < 4.78 is 4.85. The van der Waals surface area contributed by atoms with Crippen LogP contribution in [0.4, 0.5) is 17.5 Å². The first kappa shape index (κ1) is 95.9. The van der Waals surface area contributed by atoms with Crippen LogP contribution in [-0.4, -0.2) is 139 Å². The Morgan fingerprint density at radius 2 is 0.778 bits per heavy atom. The summed E-state index contributed by atoms with van der Waals surface area (Å²) in [5.74, 6) is -1.91. The molecule has 108 heavy (non-hydrogen) atoms. The number of carboxylic acid groups (broad SMARTS) is 2. The van der Waals surface area contributed by atoms with Crippen LogP contribution in [0.2, 0.25) is 20.6 Å². The van der Waals surface area contributed by atoms with E-state index in [4.69, 9.17) is 74.7 Å². The van der Waals surface area contributed by atoms with Gasteiger partial charge < -0.3 is 37.6 Å². The topological polar surface area (TPSA) is 421 Å². The van der Waals surface area contributed by atoms with Crippen LogP contribution in [0.1, 0.15) is 79.6 Å². The fraction of sp³-hybridized carbons (Fsp3) is 0.329. The van der Waals surface area contributed by atoms with E-state index in [1.54, 1.807) is 34.6 Å². The van der Waals surface area contributed by atoms with E-state index < -0.39 is 45.6 Å². The van der Waals surface area contributed by atoms with Gasteiger partial charge in [0.05, 0.1) is 43.3 Å². The van der Waals surface area contributed by atoms with Gasteiger partial charge in [-0.25, -0.2) is 31.8 Å². The van der Waals surface area contributed by atoms with E-state index in [1.807, 2.05) is 109 Å². The molecule has 580 valence electrons. The van der Waals surface area contributed by atoms with Crippen molar-refractivity contribution >= 4 is 133 Å². The van der Waals surface area contributed by atoms with Gasteiger partial charge in [0, 0.05) is 38.4 Å². The van der Waals surface area contributed by atoms with Gasteiger partial charge in [-0.15, -0.1) is 0 Å². The molecule has 0 amide bonds. The number of benzene rings is 4. The zero-order valence-corrected chi connectivity index (χ0v) is 65.4. The first-order valence-corrected chi connectivity index (χ1v) is 35.0. The number of nitrogens with one attached hydrogen (secondary N) is 4. The Labute approximate surface area is 653 Å². The number of hydrogen-bond acceptors (Lipinski definition) is 22. The lowest BCUT2D eigenvalue weighted by atomic mass is 10.1. The van der Waals surface area contributed by atoms with Crippen LogP contribution in [0.5, 0.6) is 0 Å². The monoisotopic (exact) mass is 1610 g/mol. The lowest BCUT2D eigenvalue weighted by Crippen LogP contribution is -2.30. The quantitative estimate of drug-likeness (QED) is 0.0135. The van der Waals surface area contributed by atoms with E-state index in [2.05, 4.69) is 81.4 Å². The van der Waals surface area contributed by atoms with E-state index in [-0.39, 0.29) is 99.1 Å². The molecule has 8 aromatic rings. The van der Waals surface area contributed by atoms with Gasteiger partial charge in [0.15, 0.2) is 32.9 Å². The number of aryl methyl sites for hydroxylation is 1. The molecular formula is C73H87Cl6N15O14. The van der Waals surface area contributed by atoms with Gasteiger partial charge >= 0.3 is 22.4 Å². The number of nitrogens with zero attached hydrogens (tertiary/aromatic N) is 9. The highest BCUT2D eigenvalue weighted by Gasteiger charge is 2.17. The van der Waals surface area contributed by atoms with Crippen LogP contribution in [0.3, 0.4) is 0 Å². The van der Waals surface area contributed by atoms with Gasteiger partial charge in [0.2, 0.25) is 0 Å². The zero-order chi connectivity index (χ0) is 81.6. The fourth-order valence-electron chi connectivity index (χ4n) is 8.29. The summed E-state index contributed by atoms with van der Waals surface area (Å²) >= 11 is 32.2. The highest BCUT2D eigenvalue weighted by Crippen LogP contribution is 2.16. The molecule has 0 fully saturated rings. The largest absolute Gasteiger partial charge is 0.480 e. The predicted molar refractivity (Wildman–Crippen MR) is 421 cm³/mol. The van der Waals surface area contributed by atoms with Crippen LogP contribution in [0.25, 0.3) is 4.85 Å². The van der Waals surface area contributed by atoms with Crippen LogP contribution < -0.4 is 55.0 Å². The maximum Gasteiger partial charge on any atom is 0.323 e. The Hall–Kier alpha value is -10.1. The van der Waals surface area contributed by atoms with Crippen LogP contribution >= 0.6 is 69.6 Å². The van der Waals surface area contributed by atoms with Crippen LogP contribution in [0.15, 0.2) is 147 Å². The second-order valence-corrected chi connectivity index (χ2v) is 24.9. The highest BCUT2D eigenvalue weighted by molar-refractivity contribution is 6.97. The number of nitrogens with two attached hydrogens (primary N) is 2. The molecular weight excluding hydrogens is 1520 g/mol. The third-order valence-electron chi connectivity index (χ3n) is 13.9. The number of anilines is 3. The van der Waals surface area contributed by atoms with Crippen molar-refractivity contribution in [3.63, 3.8) is 0 Å². The minimum atomic E-state index is -1.14. The van der Waals surface area contributed by atoms with E-state index in [9.17, 15) is 57.5 Å². The molecule has 0 aliphatic heterocycles. The first-order valence-electron chi connectivity index (χ1n) is 32.7. The molecule has 0 spiro atoms. The Kier molecular flexibility index (Phi) is 46.9. The number of carboxylic acids is 2. The van der Waals surface area contributed by atoms with Gasteiger partial charge in [-0.2, -0.15) is 0 Å². The van der Waals surface area contributed by atoms with Gasteiger partial charge in [0.1, 0.15) is 41.4 Å². The number of aliphatic carboxylic acids is 2. The lowest BCUT2D eigenvalue weighted by molar-refractivity contribution is -0.138. The van der Waals surface area contributed by atoms with E-state index >= 15 is 0 Å². The smallest absolute Gasteiger partial charge is 0.323 e. The van der Waals surface area contributed by atoms with Crippen molar-refractivity contribution in [3.05, 3.63) is 246 Å². The summed E-state index contributed by atoms with van der Waals surface area (Å²) in [6.45, 7) is 22.5. The summed E-state index contributed by atoms with van der Waals surface area (Å²) in [6, 6.07) is 39.9. The number of ketones is 4. The standard InChI is InChI=1S/C16H18ClN3O2.C15H16ClN3O3.C15H17N3O3.C8H8Cl2N2O2.C8H11N.C6H10N2O.C3H7NO.C2Cl2O2/c1-11(21)10-20-12(2)14(17)19-15(16(20)22)18-9-8-13-6-4-3-5-7-13;1-10-13(16)18-14(15(22)19(10)9-12(20)21)17-8-7-11-5-3-2-4-6-11;1-11-9-17-14(15(21)18(11)10-13(19)20)16-8-7-12-5-3-2-4-6-12;1-4(13)3-12-5(2)6(9)11-7(10)8(12)14;9-7-6-8-4-2-1-3-5-8;1-5(9)4-8-6(2)7-3;1-3(5)2-4;3-1(5)2(4)6/h3-7H,8-10H2,1-2H3,(H,18,19);2-6H,7-9H2,1H3,(H,17,18)(H,20,21);2-6,9H,7-8,10H2,1H3,(H,16,17)(H,19,20);3H2,1-2H3;1-5H,6-7,9H2;6,8H,4H2,1-2H3;2,4H2,1H3;. The van der Waals surface area contributed by atoms with Crippen molar-refractivity contribution in [3.8, 4) is 0 Å². The van der Waals surface area contributed by atoms with E-state index in [1.165, 1.54) is 53.2 Å². The Morgan fingerprint density at radius 1 is 0.463 bits per heavy atom. The number of Topliss-reactive ketones (excluding diaryl/α,β-unsaturated/α-hetero) is 4. The summed E-state index contributed by atoms with van der Waals surface area (Å²) in [5, 5.41) is 27.3. The fourth-order valence-corrected chi connectivity index (χ4v) is 9.08. The Balaban J connectivity index is 0.000000646. The van der Waals surface area contributed by atoms with Crippen molar-refractivity contribution in [1.29, 1.82) is 0 Å². The van der Waals surface area contributed by atoms with Crippen molar-refractivity contribution in [2.75, 3.05) is 55.2 Å². The van der Waals surface area contributed by atoms with Gasteiger partial charge in [-0.1, -0.05) is 168 Å². The number of carbonyl (C=O) groups is 8.